The summed E-state index contributed by atoms with van der Waals surface area (Å²) in [6, 6.07) is 2.53. The fourth-order valence-corrected chi connectivity index (χ4v) is 2.25. The zero-order valence-corrected chi connectivity index (χ0v) is 7.47. The van der Waals surface area contributed by atoms with E-state index in [1.165, 1.54) is 12.1 Å². The van der Waals surface area contributed by atoms with Crippen molar-refractivity contribution in [1.29, 1.82) is 0 Å². The molecule has 1 aromatic heterocycles. The second-order valence-electron chi connectivity index (χ2n) is 2.08. The summed E-state index contributed by atoms with van der Waals surface area (Å²) < 4.78 is 21.5. The number of hydrogen-bond acceptors (Lipinski definition) is 5. The lowest BCUT2D eigenvalue weighted by Gasteiger charge is -1.90. The van der Waals surface area contributed by atoms with Gasteiger partial charge in [0.15, 0.2) is 0 Å². The van der Waals surface area contributed by atoms with Crippen LogP contribution < -0.4 is 9.92 Å². The van der Waals surface area contributed by atoms with E-state index in [0.29, 0.717) is 0 Å². The molecule has 0 amide bonds. The monoisotopic (exact) mass is 207 g/mol. The maximum atomic E-state index is 10.7. The van der Waals surface area contributed by atoms with Crippen LogP contribution in [0.1, 0.15) is 0 Å². The molecule has 0 atom stereocenters. The van der Waals surface area contributed by atoms with Crippen molar-refractivity contribution in [1.82, 2.24) is 0 Å². The molecule has 1 heterocycles. The van der Waals surface area contributed by atoms with E-state index in [1.54, 1.807) is 0 Å². The molecule has 0 bridgehead atoms. The van der Waals surface area contributed by atoms with E-state index >= 15 is 0 Å². The van der Waals surface area contributed by atoms with Gasteiger partial charge in [0.05, 0.1) is 0 Å². The van der Waals surface area contributed by atoms with Gasteiger partial charge < -0.3 is 10.0 Å². The van der Waals surface area contributed by atoms with Gasteiger partial charge in [0, 0.05) is 4.78 Å². The van der Waals surface area contributed by atoms with Crippen molar-refractivity contribution in [2.24, 2.45) is 5.14 Å². The van der Waals surface area contributed by atoms with E-state index < -0.39 is 17.1 Å². The van der Waals surface area contributed by atoms with E-state index in [0.717, 1.165) is 11.3 Å². The number of hydrogen-bond donors (Lipinski definition) is 3. The van der Waals surface area contributed by atoms with Crippen LogP contribution in [0.2, 0.25) is 0 Å². The van der Waals surface area contributed by atoms with E-state index in [2.05, 4.69) is 0 Å². The minimum atomic E-state index is -3.72. The summed E-state index contributed by atoms with van der Waals surface area (Å²) >= 11 is 0.735. The Kier molecular flexibility index (Phi) is 2.54. The maximum absolute atomic E-state index is 10.7. The van der Waals surface area contributed by atoms with Crippen LogP contribution in [-0.4, -0.2) is 25.6 Å². The van der Waals surface area contributed by atoms with Crippen LogP contribution in [0.15, 0.2) is 16.3 Å². The highest BCUT2D eigenvalue weighted by Gasteiger charge is 2.17. The van der Waals surface area contributed by atoms with Gasteiger partial charge in [0.2, 0.25) is 10.0 Å². The van der Waals surface area contributed by atoms with Crippen molar-refractivity contribution in [2.75, 3.05) is 0 Å². The molecule has 0 radical (unpaired) electrons. The molecular weight excluding hydrogens is 201 g/mol. The first kappa shape index (κ1) is 9.68. The summed E-state index contributed by atoms with van der Waals surface area (Å²) in [6.45, 7) is 0. The van der Waals surface area contributed by atoms with Crippen molar-refractivity contribution in [3.05, 3.63) is 12.1 Å². The van der Waals surface area contributed by atoms with Crippen LogP contribution in [0.3, 0.4) is 0 Å². The Labute approximate surface area is 73.7 Å². The van der Waals surface area contributed by atoms with Crippen molar-refractivity contribution in [3.63, 3.8) is 0 Å². The smallest absolute Gasteiger partial charge is 0.423 e. The molecule has 0 aliphatic carbocycles. The first-order chi connectivity index (χ1) is 5.41. The Morgan fingerprint density at radius 2 is 2.00 bits per heavy atom. The van der Waals surface area contributed by atoms with Crippen molar-refractivity contribution in [3.8, 4) is 0 Å². The molecule has 0 aliphatic rings. The SMILES string of the molecule is NS(=O)(=O)c1ccc(B(O)O)s1. The van der Waals surface area contributed by atoms with E-state index in [9.17, 15) is 8.42 Å². The first-order valence-electron chi connectivity index (χ1n) is 2.90. The number of rotatable bonds is 2. The summed E-state index contributed by atoms with van der Waals surface area (Å²) in [5, 5.41) is 22.1. The van der Waals surface area contributed by atoms with Crippen molar-refractivity contribution < 1.29 is 18.5 Å². The van der Waals surface area contributed by atoms with Gasteiger partial charge in [-0.3, -0.25) is 0 Å². The molecule has 66 valence electrons. The number of primary sulfonamides is 1. The van der Waals surface area contributed by atoms with Gasteiger partial charge in [-0.25, -0.2) is 13.6 Å². The molecule has 1 aromatic rings. The van der Waals surface area contributed by atoms with E-state index in [-0.39, 0.29) is 8.99 Å². The molecule has 1 rings (SSSR count). The fourth-order valence-electron chi connectivity index (χ4n) is 0.626. The highest BCUT2D eigenvalue weighted by atomic mass is 32.2. The summed E-state index contributed by atoms with van der Waals surface area (Å²) in [4.78, 5) is 0. The standard InChI is InChI=1S/C4H6BNO4S2/c6-12(9,10)4-2-1-3(11-4)5(7)8/h1-2,7-8H,(H2,6,9,10). The molecule has 0 aliphatic heterocycles. The summed E-state index contributed by atoms with van der Waals surface area (Å²) in [5.41, 5.74) is 0. The lowest BCUT2D eigenvalue weighted by molar-refractivity contribution is 0.427. The molecule has 0 unspecified atom stereocenters. The average Bonchev–Trinajstić information content (AvgIpc) is 2.30. The molecule has 0 saturated carbocycles. The minimum Gasteiger partial charge on any atom is -0.423 e. The third kappa shape index (κ3) is 2.05. The first-order valence-corrected chi connectivity index (χ1v) is 5.26. The zero-order chi connectivity index (χ0) is 9.35. The van der Waals surface area contributed by atoms with Gasteiger partial charge in [0.25, 0.3) is 0 Å². The topological polar surface area (TPSA) is 101 Å². The van der Waals surface area contributed by atoms with Crippen LogP contribution >= 0.6 is 11.3 Å². The Morgan fingerprint density at radius 3 is 2.25 bits per heavy atom. The maximum Gasteiger partial charge on any atom is 0.499 e. The van der Waals surface area contributed by atoms with Gasteiger partial charge >= 0.3 is 7.12 Å². The summed E-state index contributed by atoms with van der Waals surface area (Å²) in [7, 11) is -5.37. The van der Waals surface area contributed by atoms with Crippen molar-refractivity contribution >= 4 is 33.3 Å². The van der Waals surface area contributed by atoms with Crippen LogP contribution in [-0.2, 0) is 10.0 Å². The zero-order valence-electron chi connectivity index (χ0n) is 5.84. The Balaban J connectivity index is 3.09. The molecule has 0 aromatic carbocycles. The van der Waals surface area contributed by atoms with Crippen LogP contribution in [0.25, 0.3) is 0 Å². The lowest BCUT2D eigenvalue weighted by atomic mass is 9.90. The van der Waals surface area contributed by atoms with Crippen LogP contribution in [0.4, 0.5) is 0 Å². The molecule has 12 heavy (non-hydrogen) atoms. The highest BCUT2D eigenvalue weighted by Crippen LogP contribution is 2.11. The molecule has 4 N–H and O–H groups in total. The Morgan fingerprint density at radius 1 is 1.42 bits per heavy atom. The van der Waals surface area contributed by atoms with Gasteiger partial charge in [-0.15, -0.1) is 11.3 Å². The molecular formula is C4H6BNO4S2. The van der Waals surface area contributed by atoms with Gasteiger partial charge in [-0.05, 0) is 6.07 Å². The van der Waals surface area contributed by atoms with Crippen LogP contribution in [0, 0.1) is 0 Å². The predicted octanol–water partition coefficient (Wildman–Crippen LogP) is -1.92. The number of thiophene rings is 1. The third-order valence-electron chi connectivity index (χ3n) is 1.14. The van der Waals surface area contributed by atoms with Crippen molar-refractivity contribution in [2.45, 2.75) is 4.21 Å². The Hall–Kier alpha value is -0.405. The second kappa shape index (κ2) is 3.15. The Bertz CT molecular complexity index is 370. The summed E-state index contributed by atoms with van der Waals surface area (Å²) in [5.74, 6) is 0. The highest BCUT2D eigenvalue weighted by molar-refractivity contribution is 7.91. The summed E-state index contributed by atoms with van der Waals surface area (Å²) in [6.07, 6.45) is 0. The normalized spacial score (nSPS) is 11.6. The lowest BCUT2D eigenvalue weighted by Crippen LogP contribution is -2.26. The predicted molar refractivity (Wildman–Crippen MR) is 45.5 cm³/mol. The van der Waals surface area contributed by atoms with Gasteiger partial charge in [-0.1, -0.05) is 6.07 Å². The molecule has 0 saturated heterocycles. The number of nitrogens with two attached hydrogens (primary N) is 1. The molecule has 0 spiro atoms. The van der Waals surface area contributed by atoms with E-state index in [4.69, 9.17) is 15.2 Å². The molecule has 0 fully saturated rings. The van der Waals surface area contributed by atoms with Gasteiger partial charge in [0.1, 0.15) is 4.21 Å². The largest absolute Gasteiger partial charge is 0.499 e. The second-order valence-corrected chi connectivity index (χ2v) is 4.98. The molecule has 5 nitrogen and oxygen atoms in total. The quantitative estimate of drug-likeness (QED) is 0.492. The average molecular weight is 207 g/mol. The minimum absolute atomic E-state index is 0.0781. The number of sulfonamides is 1. The van der Waals surface area contributed by atoms with Gasteiger partial charge in [-0.2, -0.15) is 0 Å². The molecule has 8 heteroatoms. The van der Waals surface area contributed by atoms with Crippen LogP contribution in [0.5, 0.6) is 0 Å². The van der Waals surface area contributed by atoms with E-state index in [1.807, 2.05) is 0 Å². The third-order valence-corrected chi connectivity index (χ3v) is 3.70. The fraction of sp³-hybridized carbons (Fsp3) is 0.